The van der Waals surface area contributed by atoms with E-state index in [4.69, 9.17) is 10.8 Å². The molecule has 6 nitrogen and oxygen atoms in total. The van der Waals surface area contributed by atoms with Crippen LogP contribution in [0.1, 0.15) is 18.4 Å². The molecule has 2 amide bonds. The molecule has 7 heteroatoms. The van der Waals surface area contributed by atoms with Crippen molar-refractivity contribution in [3.05, 3.63) is 34.3 Å². The quantitative estimate of drug-likeness (QED) is 0.681. The minimum absolute atomic E-state index is 0.0190. The lowest BCUT2D eigenvalue weighted by molar-refractivity contribution is -0.142. The molecule has 4 N–H and O–H groups in total. The predicted molar refractivity (Wildman–Crippen MR) is 75.8 cm³/mol. The van der Waals surface area contributed by atoms with Gasteiger partial charge in [0, 0.05) is 10.9 Å². The molecule has 0 spiro atoms. The summed E-state index contributed by atoms with van der Waals surface area (Å²) in [6.45, 7) is 0. The second-order valence-electron chi connectivity index (χ2n) is 4.27. The third-order valence-corrected chi connectivity index (χ3v) is 3.06. The number of benzene rings is 1. The Morgan fingerprint density at radius 3 is 2.60 bits per heavy atom. The van der Waals surface area contributed by atoms with Crippen molar-refractivity contribution < 1.29 is 19.5 Å². The Morgan fingerprint density at radius 2 is 2.05 bits per heavy atom. The summed E-state index contributed by atoms with van der Waals surface area (Å²) < 4.78 is 0.839. The summed E-state index contributed by atoms with van der Waals surface area (Å²) in [5.41, 5.74) is 5.72. The van der Waals surface area contributed by atoms with Gasteiger partial charge in [0.2, 0.25) is 11.8 Å². The van der Waals surface area contributed by atoms with Crippen molar-refractivity contribution in [2.45, 2.75) is 25.3 Å². The lowest BCUT2D eigenvalue weighted by Crippen LogP contribution is -2.42. The zero-order valence-corrected chi connectivity index (χ0v) is 12.2. The van der Waals surface area contributed by atoms with Crippen LogP contribution in [0.25, 0.3) is 0 Å². The first-order valence-corrected chi connectivity index (χ1v) is 6.72. The second kappa shape index (κ2) is 7.64. The Balaban J connectivity index is 2.57. The number of hydrogen-bond donors (Lipinski definition) is 3. The van der Waals surface area contributed by atoms with Gasteiger partial charge in [-0.25, -0.2) is 4.79 Å². The standard InChI is InChI=1S/C13H15BrN2O4/c14-9-3-1-2-8(6-9)7-12(18)16-10(13(19)20)4-5-11(15)17/h1-3,6,10H,4-5,7H2,(H2,15,17)(H,16,18)(H,19,20)/t10-/m1/s1. The van der Waals surface area contributed by atoms with Gasteiger partial charge in [-0.2, -0.15) is 0 Å². The Morgan fingerprint density at radius 1 is 1.35 bits per heavy atom. The molecule has 0 radical (unpaired) electrons. The number of carboxylic acids is 1. The molecule has 1 atom stereocenters. The van der Waals surface area contributed by atoms with E-state index in [1.807, 2.05) is 6.07 Å². The number of amides is 2. The molecular formula is C13H15BrN2O4. The van der Waals surface area contributed by atoms with Gasteiger partial charge in [0.1, 0.15) is 6.04 Å². The molecule has 0 fully saturated rings. The van der Waals surface area contributed by atoms with Gasteiger partial charge in [0.15, 0.2) is 0 Å². The molecule has 0 aliphatic heterocycles. The van der Waals surface area contributed by atoms with Crippen molar-refractivity contribution in [1.29, 1.82) is 0 Å². The van der Waals surface area contributed by atoms with Gasteiger partial charge in [-0.3, -0.25) is 9.59 Å². The first-order chi connectivity index (χ1) is 9.38. The molecule has 0 bridgehead atoms. The molecule has 0 unspecified atom stereocenters. The highest BCUT2D eigenvalue weighted by Crippen LogP contribution is 2.12. The van der Waals surface area contributed by atoms with E-state index >= 15 is 0 Å². The van der Waals surface area contributed by atoms with Crippen molar-refractivity contribution in [3.63, 3.8) is 0 Å². The fourth-order valence-corrected chi connectivity index (χ4v) is 2.07. The number of aliphatic carboxylic acids is 1. The van der Waals surface area contributed by atoms with E-state index in [9.17, 15) is 14.4 Å². The minimum atomic E-state index is -1.19. The molecule has 1 aromatic rings. The number of hydrogen-bond acceptors (Lipinski definition) is 3. The SMILES string of the molecule is NC(=O)CC[C@@H](NC(=O)Cc1cccc(Br)c1)C(=O)O. The van der Waals surface area contributed by atoms with Crippen molar-refractivity contribution in [3.8, 4) is 0 Å². The average molecular weight is 343 g/mol. The van der Waals surface area contributed by atoms with E-state index in [1.165, 1.54) is 0 Å². The number of carbonyl (C=O) groups excluding carboxylic acids is 2. The predicted octanol–water partition coefficient (Wildman–Crippen LogP) is 0.826. The first kappa shape index (κ1) is 16.2. The van der Waals surface area contributed by atoms with Gasteiger partial charge in [0.25, 0.3) is 0 Å². The number of nitrogens with two attached hydrogens (primary N) is 1. The van der Waals surface area contributed by atoms with Crippen molar-refractivity contribution in [1.82, 2.24) is 5.32 Å². The summed E-state index contributed by atoms with van der Waals surface area (Å²) in [7, 11) is 0. The van der Waals surface area contributed by atoms with E-state index in [0.29, 0.717) is 0 Å². The Hall–Kier alpha value is -1.89. The lowest BCUT2D eigenvalue weighted by Gasteiger charge is -2.13. The van der Waals surface area contributed by atoms with E-state index in [-0.39, 0.29) is 19.3 Å². The van der Waals surface area contributed by atoms with Crippen LogP contribution in [0.4, 0.5) is 0 Å². The largest absolute Gasteiger partial charge is 0.480 e. The summed E-state index contributed by atoms with van der Waals surface area (Å²) in [4.78, 5) is 33.4. The fraction of sp³-hybridized carbons (Fsp3) is 0.308. The minimum Gasteiger partial charge on any atom is -0.480 e. The third-order valence-electron chi connectivity index (χ3n) is 2.57. The van der Waals surface area contributed by atoms with Crippen LogP contribution in [-0.2, 0) is 20.8 Å². The Bertz CT molecular complexity index is 519. The van der Waals surface area contributed by atoms with Crippen LogP contribution in [0.15, 0.2) is 28.7 Å². The summed E-state index contributed by atoms with van der Waals surface area (Å²) >= 11 is 3.29. The molecule has 0 aliphatic rings. The maximum atomic E-state index is 11.8. The van der Waals surface area contributed by atoms with Crippen LogP contribution in [0, 0.1) is 0 Å². The van der Waals surface area contributed by atoms with Crippen LogP contribution in [0.5, 0.6) is 0 Å². The van der Waals surface area contributed by atoms with Crippen molar-refractivity contribution in [2.75, 3.05) is 0 Å². The van der Waals surface area contributed by atoms with Gasteiger partial charge in [-0.15, -0.1) is 0 Å². The average Bonchev–Trinajstić information content (AvgIpc) is 2.33. The van der Waals surface area contributed by atoms with Crippen LogP contribution in [-0.4, -0.2) is 28.9 Å². The normalized spacial score (nSPS) is 11.7. The third kappa shape index (κ3) is 5.83. The molecule has 0 saturated heterocycles. The molecule has 0 heterocycles. The zero-order valence-electron chi connectivity index (χ0n) is 10.6. The summed E-state index contributed by atoms with van der Waals surface area (Å²) in [5.74, 6) is -2.20. The molecule has 0 aliphatic carbocycles. The smallest absolute Gasteiger partial charge is 0.326 e. The molecular weight excluding hydrogens is 328 g/mol. The number of nitrogens with one attached hydrogen (secondary N) is 1. The Kier molecular flexibility index (Phi) is 6.17. The monoisotopic (exact) mass is 342 g/mol. The van der Waals surface area contributed by atoms with Gasteiger partial charge in [0.05, 0.1) is 6.42 Å². The van der Waals surface area contributed by atoms with E-state index in [0.717, 1.165) is 10.0 Å². The molecule has 1 rings (SSSR count). The van der Waals surface area contributed by atoms with E-state index in [2.05, 4.69) is 21.2 Å². The maximum Gasteiger partial charge on any atom is 0.326 e. The Labute approximate surface area is 124 Å². The van der Waals surface area contributed by atoms with Crippen LogP contribution < -0.4 is 11.1 Å². The molecule has 0 aromatic heterocycles. The van der Waals surface area contributed by atoms with Gasteiger partial charge in [-0.1, -0.05) is 28.1 Å². The number of rotatable bonds is 7. The molecule has 1 aromatic carbocycles. The number of carboxylic acid groups (broad SMARTS) is 1. The van der Waals surface area contributed by atoms with Crippen molar-refractivity contribution in [2.24, 2.45) is 5.73 Å². The highest BCUT2D eigenvalue weighted by atomic mass is 79.9. The number of primary amides is 1. The van der Waals surface area contributed by atoms with Crippen LogP contribution >= 0.6 is 15.9 Å². The number of carbonyl (C=O) groups is 3. The van der Waals surface area contributed by atoms with E-state index in [1.54, 1.807) is 18.2 Å². The summed E-state index contributed by atoms with van der Waals surface area (Å²) in [6, 6.07) is 6.05. The van der Waals surface area contributed by atoms with Gasteiger partial charge in [-0.05, 0) is 24.1 Å². The van der Waals surface area contributed by atoms with Crippen LogP contribution in [0.2, 0.25) is 0 Å². The number of halogens is 1. The van der Waals surface area contributed by atoms with Gasteiger partial charge < -0.3 is 16.2 Å². The molecule has 0 saturated carbocycles. The second-order valence-corrected chi connectivity index (χ2v) is 5.19. The van der Waals surface area contributed by atoms with Crippen LogP contribution in [0.3, 0.4) is 0 Å². The van der Waals surface area contributed by atoms with Crippen molar-refractivity contribution >= 4 is 33.7 Å². The summed E-state index contributed by atoms with van der Waals surface area (Å²) in [5, 5.41) is 11.3. The zero-order chi connectivity index (χ0) is 15.1. The fourth-order valence-electron chi connectivity index (χ4n) is 1.62. The van der Waals surface area contributed by atoms with Gasteiger partial charge >= 0.3 is 5.97 Å². The summed E-state index contributed by atoms with van der Waals surface area (Å²) in [6.07, 6.45) is -0.0389. The lowest BCUT2D eigenvalue weighted by atomic mass is 10.1. The topological polar surface area (TPSA) is 109 Å². The first-order valence-electron chi connectivity index (χ1n) is 5.93. The molecule has 108 valence electrons. The molecule has 20 heavy (non-hydrogen) atoms. The maximum absolute atomic E-state index is 11.8. The highest BCUT2D eigenvalue weighted by molar-refractivity contribution is 9.10. The highest BCUT2D eigenvalue weighted by Gasteiger charge is 2.20. The van der Waals surface area contributed by atoms with E-state index < -0.39 is 23.8 Å².